The van der Waals surface area contributed by atoms with Crippen molar-refractivity contribution in [3.8, 4) is 0 Å². The molecule has 100 valence electrons. The second kappa shape index (κ2) is 6.00. The van der Waals surface area contributed by atoms with Crippen LogP contribution in [0.3, 0.4) is 0 Å². The Morgan fingerprint density at radius 2 is 2.28 bits per heavy atom. The summed E-state index contributed by atoms with van der Waals surface area (Å²) in [6, 6.07) is 4.89. The Morgan fingerprint density at radius 1 is 1.50 bits per heavy atom. The predicted octanol–water partition coefficient (Wildman–Crippen LogP) is 2.90. The van der Waals surface area contributed by atoms with Gasteiger partial charge in [0.05, 0.1) is 0 Å². The highest BCUT2D eigenvalue weighted by Gasteiger charge is 2.25. The fourth-order valence-corrected chi connectivity index (χ4v) is 2.72. The number of rotatable bonds is 3. The summed E-state index contributed by atoms with van der Waals surface area (Å²) in [6.07, 6.45) is 1.14. The maximum Gasteiger partial charge on any atom is 0.129 e. The molecule has 2 N–H and O–H groups in total. The zero-order valence-electron chi connectivity index (χ0n) is 10.7. The van der Waals surface area contributed by atoms with Crippen molar-refractivity contribution in [3.63, 3.8) is 0 Å². The Bertz CT molecular complexity index is 411. The minimum atomic E-state index is -0.217. The van der Waals surface area contributed by atoms with E-state index < -0.39 is 0 Å². The number of nitrogens with zero attached hydrogens (tertiary/aromatic N) is 1. The van der Waals surface area contributed by atoms with E-state index in [-0.39, 0.29) is 5.82 Å². The van der Waals surface area contributed by atoms with Crippen molar-refractivity contribution < 1.29 is 4.39 Å². The lowest BCUT2D eigenvalue weighted by molar-refractivity contribution is 0.125. The number of likely N-dealkylation sites (tertiary alicyclic amines) is 1. The molecule has 2 nitrogen and oxygen atoms in total. The first-order valence-corrected chi connectivity index (χ1v) is 6.84. The van der Waals surface area contributed by atoms with E-state index in [9.17, 15) is 4.39 Å². The van der Waals surface area contributed by atoms with E-state index in [1.165, 1.54) is 6.07 Å². The van der Waals surface area contributed by atoms with Gasteiger partial charge in [0.2, 0.25) is 0 Å². The molecular formula is C14H20ClFN2. The molecule has 2 unspecified atom stereocenters. The van der Waals surface area contributed by atoms with Crippen molar-refractivity contribution in [2.24, 2.45) is 17.6 Å². The van der Waals surface area contributed by atoms with Crippen LogP contribution in [0, 0.1) is 17.7 Å². The van der Waals surface area contributed by atoms with Gasteiger partial charge in [-0.2, -0.15) is 0 Å². The van der Waals surface area contributed by atoms with Gasteiger partial charge < -0.3 is 5.73 Å². The standard InChI is InChI=1S/C14H20ClFN2/c1-10-4-5-18(9-12(10)7-17)8-11-2-3-13(15)6-14(11)16/h2-3,6,10,12H,4-5,7-9,17H2,1H3. The number of piperidine rings is 1. The number of benzene rings is 1. The van der Waals surface area contributed by atoms with Crippen molar-refractivity contribution in [1.29, 1.82) is 0 Å². The molecule has 4 heteroatoms. The van der Waals surface area contributed by atoms with Crippen LogP contribution in [0.5, 0.6) is 0 Å². The molecule has 1 fully saturated rings. The maximum atomic E-state index is 13.7. The molecule has 1 aromatic carbocycles. The number of nitrogens with two attached hydrogens (primary N) is 1. The quantitative estimate of drug-likeness (QED) is 0.915. The first-order chi connectivity index (χ1) is 8.60. The fraction of sp³-hybridized carbons (Fsp3) is 0.571. The van der Waals surface area contributed by atoms with Gasteiger partial charge in [-0.25, -0.2) is 4.39 Å². The average molecular weight is 271 g/mol. The molecule has 0 saturated carbocycles. The van der Waals surface area contributed by atoms with Crippen LogP contribution in [-0.4, -0.2) is 24.5 Å². The molecule has 0 bridgehead atoms. The number of halogens is 2. The topological polar surface area (TPSA) is 29.3 Å². The summed E-state index contributed by atoms with van der Waals surface area (Å²) in [5.74, 6) is 0.973. The van der Waals surface area contributed by atoms with Gasteiger partial charge in [0, 0.05) is 23.7 Å². The molecule has 1 heterocycles. The normalized spacial score (nSPS) is 25.3. The Kier molecular flexibility index (Phi) is 4.60. The summed E-state index contributed by atoms with van der Waals surface area (Å²) >= 11 is 5.75. The molecule has 0 aliphatic carbocycles. The Morgan fingerprint density at radius 3 is 2.94 bits per heavy atom. The smallest absolute Gasteiger partial charge is 0.129 e. The van der Waals surface area contributed by atoms with Crippen LogP contribution < -0.4 is 5.73 Å². The minimum Gasteiger partial charge on any atom is -0.330 e. The van der Waals surface area contributed by atoms with Crippen LogP contribution in [0.2, 0.25) is 5.02 Å². The van der Waals surface area contributed by atoms with Gasteiger partial charge in [0.25, 0.3) is 0 Å². The summed E-state index contributed by atoms with van der Waals surface area (Å²) in [5, 5.41) is 0.448. The van der Waals surface area contributed by atoms with Gasteiger partial charge in [0.1, 0.15) is 5.82 Å². The molecule has 1 saturated heterocycles. The average Bonchev–Trinajstić information content (AvgIpc) is 2.35. The fourth-order valence-electron chi connectivity index (χ4n) is 2.57. The van der Waals surface area contributed by atoms with E-state index in [4.69, 9.17) is 17.3 Å². The van der Waals surface area contributed by atoms with Crippen molar-refractivity contribution in [2.45, 2.75) is 19.9 Å². The van der Waals surface area contributed by atoms with Gasteiger partial charge in [0.15, 0.2) is 0 Å². The van der Waals surface area contributed by atoms with E-state index in [1.54, 1.807) is 12.1 Å². The maximum absolute atomic E-state index is 13.7. The monoisotopic (exact) mass is 270 g/mol. The third kappa shape index (κ3) is 3.22. The largest absolute Gasteiger partial charge is 0.330 e. The van der Waals surface area contributed by atoms with Crippen LogP contribution in [0.15, 0.2) is 18.2 Å². The lowest BCUT2D eigenvalue weighted by Crippen LogP contribution is -2.42. The number of hydrogen-bond acceptors (Lipinski definition) is 2. The summed E-state index contributed by atoms with van der Waals surface area (Å²) < 4.78 is 13.7. The zero-order chi connectivity index (χ0) is 13.1. The van der Waals surface area contributed by atoms with Gasteiger partial charge in [-0.3, -0.25) is 4.90 Å². The molecule has 0 radical (unpaired) electrons. The molecule has 0 spiro atoms. The number of hydrogen-bond donors (Lipinski definition) is 1. The Hall–Kier alpha value is -0.640. The van der Waals surface area contributed by atoms with Gasteiger partial charge in [-0.15, -0.1) is 0 Å². The van der Waals surface area contributed by atoms with Crippen LogP contribution >= 0.6 is 11.6 Å². The summed E-state index contributed by atoms with van der Waals surface area (Å²) in [4.78, 5) is 2.28. The first-order valence-electron chi connectivity index (χ1n) is 6.46. The zero-order valence-corrected chi connectivity index (χ0v) is 11.5. The lowest BCUT2D eigenvalue weighted by atomic mass is 9.87. The second-order valence-electron chi connectivity index (χ2n) is 5.23. The van der Waals surface area contributed by atoms with Crippen molar-refractivity contribution >= 4 is 11.6 Å². The summed E-state index contributed by atoms with van der Waals surface area (Å²) in [7, 11) is 0. The minimum absolute atomic E-state index is 0.217. The SMILES string of the molecule is CC1CCN(Cc2ccc(Cl)cc2F)CC1CN. The van der Waals surface area contributed by atoms with Crippen LogP contribution in [0.4, 0.5) is 4.39 Å². The van der Waals surface area contributed by atoms with E-state index in [2.05, 4.69) is 11.8 Å². The first kappa shape index (κ1) is 13.8. The highest BCUT2D eigenvalue weighted by molar-refractivity contribution is 6.30. The van der Waals surface area contributed by atoms with Crippen molar-refractivity contribution in [3.05, 3.63) is 34.6 Å². The van der Waals surface area contributed by atoms with Crippen LogP contribution in [0.1, 0.15) is 18.9 Å². The molecule has 1 aliphatic heterocycles. The molecule has 1 aromatic rings. The van der Waals surface area contributed by atoms with E-state index in [1.807, 2.05) is 0 Å². The van der Waals surface area contributed by atoms with Gasteiger partial charge >= 0.3 is 0 Å². The lowest BCUT2D eigenvalue weighted by Gasteiger charge is -2.36. The third-order valence-electron chi connectivity index (χ3n) is 3.91. The molecule has 18 heavy (non-hydrogen) atoms. The van der Waals surface area contributed by atoms with Crippen molar-refractivity contribution in [2.75, 3.05) is 19.6 Å². The van der Waals surface area contributed by atoms with E-state index in [0.29, 0.717) is 35.5 Å². The summed E-state index contributed by atoms with van der Waals surface area (Å²) in [6.45, 7) is 5.57. The van der Waals surface area contributed by atoms with Crippen LogP contribution in [-0.2, 0) is 6.54 Å². The second-order valence-corrected chi connectivity index (χ2v) is 5.67. The molecule has 2 rings (SSSR count). The van der Waals surface area contributed by atoms with E-state index >= 15 is 0 Å². The van der Waals surface area contributed by atoms with Gasteiger partial charge in [-0.1, -0.05) is 24.6 Å². The molecule has 1 aliphatic rings. The highest BCUT2D eigenvalue weighted by Crippen LogP contribution is 2.24. The third-order valence-corrected chi connectivity index (χ3v) is 4.15. The highest BCUT2D eigenvalue weighted by atomic mass is 35.5. The molecular weight excluding hydrogens is 251 g/mol. The molecule has 2 atom stereocenters. The van der Waals surface area contributed by atoms with E-state index in [0.717, 1.165) is 19.5 Å². The van der Waals surface area contributed by atoms with Gasteiger partial charge in [-0.05, 0) is 43.5 Å². The Labute approximate surface area is 113 Å². The Balaban J connectivity index is 2.01. The molecule has 0 amide bonds. The molecule has 0 aromatic heterocycles. The van der Waals surface area contributed by atoms with Crippen molar-refractivity contribution in [1.82, 2.24) is 4.90 Å². The predicted molar refractivity (Wildman–Crippen MR) is 73.0 cm³/mol. The summed E-state index contributed by atoms with van der Waals surface area (Å²) in [5.41, 5.74) is 6.49. The van der Waals surface area contributed by atoms with Crippen LogP contribution in [0.25, 0.3) is 0 Å².